The monoisotopic (exact) mass is 357 g/mol. The lowest BCUT2D eigenvalue weighted by atomic mass is 10.1. The summed E-state index contributed by atoms with van der Waals surface area (Å²) in [6.45, 7) is 4.06. The van der Waals surface area contributed by atoms with Gasteiger partial charge in [0.1, 0.15) is 11.0 Å². The molecule has 0 aliphatic carbocycles. The number of fused-ring (bicyclic) bond motifs is 1. The molecule has 0 amide bonds. The van der Waals surface area contributed by atoms with Crippen molar-refractivity contribution in [2.24, 2.45) is 0 Å². The Hall–Kier alpha value is -0.720. The lowest BCUT2D eigenvalue weighted by molar-refractivity contribution is 0.681. The van der Waals surface area contributed by atoms with E-state index in [2.05, 4.69) is 33.1 Å². The summed E-state index contributed by atoms with van der Waals surface area (Å²) < 4.78 is 8.60. The zero-order chi connectivity index (χ0) is 14.8. The van der Waals surface area contributed by atoms with Crippen molar-refractivity contribution in [1.82, 2.24) is 14.1 Å². The van der Waals surface area contributed by atoms with Crippen molar-refractivity contribution in [2.75, 3.05) is 6.54 Å². The number of hydrogen-bond donors (Lipinski definition) is 1. The van der Waals surface area contributed by atoms with Gasteiger partial charge in [0.25, 0.3) is 0 Å². The summed E-state index contributed by atoms with van der Waals surface area (Å²) in [5.41, 5.74) is 2.43. The third-order valence-electron chi connectivity index (χ3n) is 3.08. The summed E-state index contributed by atoms with van der Waals surface area (Å²) in [6.07, 6.45) is 1.13. The Morgan fingerprint density at radius 3 is 2.76 bits per heavy atom. The second-order valence-corrected chi connectivity index (χ2v) is 7.13. The van der Waals surface area contributed by atoms with E-state index in [0.717, 1.165) is 52.7 Å². The maximum Gasteiger partial charge on any atom is 0.124 e. The molecule has 0 fully saturated rings. The Labute approximate surface area is 141 Å². The summed E-state index contributed by atoms with van der Waals surface area (Å²) in [6, 6.07) is 5.96. The Morgan fingerprint density at radius 2 is 1.95 bits per heavy atom. The van der Waals surface area contributed by atoms with Crippen molar-refractivity contribution in [3.63, 3.8) is 0 Å². The highest BCUT2D eigenvalue weighted by Crippen LogP contribution is 2.40. The van der Waals surface area contributed by atoms with Crippen LogP contribution < -0.4 is 5.32 Å². The van der Waals surface area contributed by atoms with Gasteiger partial charge in [0.05, 0.1) is 21.8 Å². The van der Waals surface area contributed by atoms with Crippen molar-refractivity contribution >= 4 is 57.3 Å². The quantitative estimate of drug-likeness (QED) is 0.635. The van der Waals surface area contributed by atoms with Crippen molar-refractivity contribution < 1.29 is 0 Å². The normalized spacial score (nSPS) is 11.4. The summed E-state index contributed by atoms with van der Waals surface area (Å²) >= 11 is 15.4. The molecular formula is C14H13Cl2N3S2. The Kier molecular flexibility index (Phi) is 4.76. The molecule has 0 unspecified atom stereocenters. The van der Waals surface area contributed by atoms with Gasteiger partial charge >= 0.3 is 0 Å². The van der Waals surface area contributed by atoms with E-state index in [4.69, 9.17) is 23.2 Å². The maximum atomic E-state index is 6.38. The lowest BCUT2D eigenvalue weighted by Crippen LogP contribution is -2.12. The molecule has 0 bridgehead atoms. The molecule has 0 aliphatic rings. The Balaban J connectivity index is 1.99. The number of rotatable bonds is 5. The SMILES string of the molecule is CCCNCc1ccc(-c2c(Cl)cc(Cl)c3nsnc23)s1. The second-order valence-electron chi connectivity index (χ2n) is 4.62. The molecule has 7 heteroatoms. The number of aromatic nitrogens is 2. The molecular weight excluding hydrogens is 345 g/mol. The fourth-order valence-corrected chi connectivity index (χ4v) is 4.41. The van der Waals surface area contributed by atoms with Crippen LogP contribution in [-0.2, 0) is 6.54 Å². The molecule has 2 heterocycles. The molecule has 3 rings (SSSR count). The Morgan fingerprint density at radius 1 is 1.14 bits per heavy atom. The number of nitrogens with one attached hydrogen (secondary N) is 1. The third kappa shape index (κ3) is 3.07. The van der Waals surface area contributed by atoms with Gasteiger partial charge in [0.15, 0.2) is 0 Å². The van der Waals surface area contributed by atoms with Gasteiger partial charge in [0.2, 0.25) is 0 Å². The van der Waals surface area contributed by atoms with Gasteiger partial charge in [-0.05, 0) is 31.2 Å². The van der Waals surface area contributed by atoms with E-state index >= 15 is 0 Å². The first-order valence-electron chi connectivity index (χ1n) is 6.60. The predicted octanol–water partition coefficient (Wildman–Crippen LogP) is 5.23. The third-order valence-corrected chi connectivity index (χ3v) is 5.30. The average molecular weight is 358 g/mol. The second kappa shape index (κ2) is 6.58. The fraction of sp³-hybridized carbons (Fsp3) is 0.286. The number of benzene rings is 1. The van der Waals surface area contributed by atoms with Crippen LogP contribution in [0.2, 0.25) is 10.0 Å². The minimum Gasteiger partial charge on any atom is -0.312 e. The van der Waals surface area contributed by atoms with Gasteiger partial charge in [-0.1, -0.05) is 30.1 Å². The lowest BCUT2D eigenvalue weighted by Gasteiger charge is -2.04. The van der Waals surface area contributed by atoms with Crippen LogP contribution in [0.25, 0.3) is 21.5 Å². The van der Waals surface area contributed by atoms with Gasteiger partial charge in [-0.3, -0.25) is 0 Å². The Bertz CT molecular complexity index is 767. The molecule has 1 N–H and O–H groups in total. The van der Waals surface area contributed by atoms with Crippen LogP contribution in [0, 0.1) is 0 Å². The van der Waals surface area contributed by atoms with Crippen molar-refractivity contribution in [3.8, 4) is 10.4 Å². The highest BCUT2D eigenvalue weighted by atomic mass is 35.5. The molecule has 0 spiro atoms. The molecule has 110 valence electrons. The van der Waals surface area contributed by atoms with Crippen molar-refractivity contribution in [3.05, 3.63) is 33.1 Å². The van der Waals surface area contributed by atoms with Gasteiger partial charge in [-0.15, -0.1) is 11.3 Å². The van der Waals surface area contributed by atoms with E-state index < -0.39 is 0 Å². The zero-order valence-electron chi connectivity index (χ0n) is 11.3. The van der Waals surface area contributed by atoms with Crippen molar-refractivity contribution in [2.45, 2.75) is 19.9 Å². The van der Waals surface area contributed by atoms with E-state index in [1.54, 1.807) is 17.4 Å². The molecule has 0 aliphatic heterocycles. The van der Waals surface area contributed by atoms with E-state index in [0.29, 0.717) is 10.0 Å². The summed E-state index contributed by atoms with van der Waals surface area (Å²) in [5, 5.41) is 4.57. The van der Waals surface area contributed by atoms with Gasteiger partial charge < -0.3 is 5.32 Å². The predicted molar refractivity (Wildman–Crippen MR) is 92.7 cm³/mol. The van der Waals surface area contributed by atoms with Gasteiger partial charge in [-0.2, -0.15) is 8.75 Å². The summed E-state index contributed by atoms with van der Waals surface area (Å²) in [5.74, 6) is 0. The molecule has 3 nitrogen and oxygen atoms in total. The van der Waals surface area contributed by atoms with E-state index in [9.17, 15) is 0 Å². The molecule has 21 heavy (non-hydrogen) atoms. The number of thiophene rings is 1. The maximum absolute atomic E-state index is 6.38. The van der Waals surface area contributed by atoms with Crippen LogP contribution in [-0.4, -0.2) is 15.3 Å². The average Bonchev–Trinajstić information content (AvgIpc) is 3.09. The standard InChI is InChI=1S/C14H13Cl2N3S2/c1-2-5-17-7-8-3-4-11(20-8)12-9(15)6-10(16)13-14(12)19-21-18-13/h3-4,6,17H,2,5,7H2,1H3. The molecule has 1 aromatic carbocycles. The highest BCUT2D eigenvalue weighted by Gasteiger charge is 2.17. The topological polar surface area (TPSA) is 37.8 Å². The van der Waals surface area contributed by atoms with Crippen LogP contribution in [0.15, 0.2) is 18.2 Å². The van der Waals surface area contributed by atoms with Crippen LogP contribution in [0.5, 0.6) is 0 Å². The van der Waals surface area contributed by atoms with Crippen LogP contribution >= 0.6 is 46.3 Å². The smallest absolute Gasteiger partial charge is 0.124 e. The molecule has 0 radical (unpaired) electrons. The summed E-state index contributed by atoms with van der Waals surface area (Å²) in [7, 11) is 0. The molecule has 0 saturated carbocycles. The minimum absolute atomic E-state index is 0.550. The van der Waals surface area contributed by atoms with Crippen LogP contribution in [0.3, 0.4) is 0 Å². The first-order valence-corrected chi connectivity index (χ1v) is 8.91. The molecule has 2 aromatic heterocycles. The first-order chi connectivity index (χ1) is 10.2. The fourth-order valence-electron chi connectivity index (χ4n) is 2.10. The number of hydrogen-bond acceptors (Lipinski definition) is 5. The molecule has 3 aromatic rings. The number of nitrogens with zero attached hydrogens (tertiary/aromatic N) is 2. The first kappa shape index (κ1) is 15.2. The van der Waals surface area contributed by atoms with Crippen molar-refractivity contribution in [1.29, 1.82) is 0 Å². The molecule has 0 saturated heterocycles. The highest BCUT2D eigenvalue weighted by molar-refractivity contribution is 7.15. The zero-order valence-corrected chi connectivity index (χ0v) is 14.5. The van der Waals surface area contributed by atoms with Gasteiger partial charge in [-0.25, -0.2) is 0 Å². The van der Waals surface area contributed by atoms with E-state index in [1.807, 2.05) is 0 Å². The largest absolute Gasteiger partial charge is 0.312 e. The summed E-state index contributed by atoms with van der Waals surface area (Å²) in [4.78, 5) is 2.38. The van der Waals surface area contributed by atoms with E-state index in [1.165, 1.54) is 4.88 Å². The van der Waals surface area contributed by atoms with Crippen LogP contribution in [0.1, 0.15) is 18.2 Å². The molecule has 0 atom stereocenters. The van der Waals surface area contributed by atoms with Gasteiger partial charge in [0, 0.05) is 21.9 Å². The minimum atomic E-state index is 0.550. The number of halogens is 2. The van der Waals surface area contributed by atoms with Crippen LogP contribution in [0.4, 0.5) is 0 Å². The van der Waals surface area contributed by atoms with E-state index in [-0.39, 0.29) is 0 Å².